The lowest BCUT2D eigenvalue weighted by molar-refractivity contribution is -0.122. The lowest BCUT2D eigenvalue weighted by Crippen LogP contribution is -2.54. The number of aryl methyl sites for hydroxylation is 1. The molecular weight excluding hydrogens is 380 g/mol. The van der Waals surface area contributed by atoms with Crippen molar-refractivity contribution in [1.29, 1.82) is 0 Å². The number of hydrogen-bond acceptors (Lipinski definition) is 5. The van der Waals surface area contributed by atoms with Crippen LogP contribution in [0.15, 0.2) is 24.3 Å². The molecule has 2 heterocycles. The summed E-state index contributed by atoms with van der Waals surface area (Å²) in [5.74, 6) is 0.730. The van der Waals surface area contributed by atoms with Crippen LogP contribution in [0.25, 0.3) is 0 Å². The third kappa shape index (κ3) is 5.66. The second kappa shape index (κ2) is 9.69. The first kappa shape index (κ1) is 21.0. The van der Waals surface area contributed by atoms with E-state index in [2.05, 4.69) is 5.32 Å². The van der Waals surface area contributed by atoms with E-state index < -0.39 is 10.2 Å². The standard InChI is InChI=1S/C19H30N4O4S/c1-17-5-4-6-18(15-17)27-14-7-20-19(24)16-21-10-12-23(13-11-21)28(25,26)22-8-2-3-9-22/h4-6,15H,2-3,7-14,16H2,1H3,(H,20,24). The SMILES string of the molecule is Cc1cccc(OCCNC(=O)CN2CCN(S(=O)(=O)N3CCCC3)CC2)c1. The topological polar surface area (TPSA) is 82.2 Å². The molecule has 1 amide bonds. The quantitative estimate of drug-likeness (QED) is 0.629. The van der Waals surface area contributed by atoms with E-state index in [1.165, 1.54) is 0 Å². The zero-order valence-corrected chi connectivity index (χ0v) is 17.3. The van der Waals surface area contributed by atoms with Crippen molar-refractivity contribution in [1.82, 2.24) is 18.8 Å². The number of amides is 1. The Balaban J connectivity index is 1.33. The molecule has 0 aliphatic carbocycles. The van der Waals surface area contributed by atoms with Crippen LogP contribution in [-0.4, -0.2) is 86.8 Å². The lowest BCUT2D eigenvalue weighted by Gasteiger charge is -2.35. The summed E-state index contributed by atoms with van der Waals surface area (Å²) < 4.78 is 33.9. The van der Waals surface area contributed by atoms with Crippen LogP contribution in [-0.2, 0) is 15.0 Å². The van der Waals surface area contributed by atoms with Gasteiger partial charge in [-0.15, -0.1) is 0 Å². The van der Waals surface area contributed by atoms with Crippen molar-refractivity contribution in [2.45, 2.75) is 19.8 Å². The Morgan fingerprint density at radius 2 is 1.75 bits per heavy atom. The van der Waals surface area contributed by atoms with Gasteiger partial charge in [-0.3, -0.25) is 9.69 Å². The summed E-state index contributed by atoms with van der Waals surface area (Å²) >= 11 is 0. The van der Waals surface area contributed by atoms with Gasteiger partial charge in [-0.2, -0.15) is 17.0 Å². The van der Waals surface area contributed by atoms with Crippen LogP contribution >= 0.6 is 0 Å². The highest BCUT2D eigenvalue weighted by atomic mass is 32.2. The van der Waals surface area contributed by atoms with E-state index in [9.17, 15) is 13.2 Å². The predicted molar refractivity (Wildman–Crippen MR) is 107 cm³/mol. The summed E-state index contributed by atoms with van der Waals surface area (Å²) in [7, 11) is -3.34. The predicted octanol–water partition coefficient (Wildman–Crippen LogP) is 0.448. The molecule has 0 unspecified atom stereocenters. The number of hydrogen-bond donors (Lipinski definition) is 1. The minimum absolute atomic E-state index is 0.0660. The van der Waals surface area contributed by atoms with Crippen molar-refractivity contribution in [3.63, 3.8) is 0 Å². The van der Waals surface area contributed by atoms with Crippen LogP contribution in [0.4, 0.5) is 0 Å². The van der Waals surface area contributed by atoms with E-state index in [0.717, 1.165) is 24.2 Å². The van der Waals surface area contributed by atoms with E-state index in [4.69, 9.17) is 4.74 Å². The van der Waals surface area contributed by atoms with Crippen molar-refractivity contribution in [3.8, 4) is 5.75 Å². The average molecular weight is 411 g/mol. The van der Waals surface area contributed by atoms with Gasteiger partial charge in [0.05, 0.1) is 13.1 Å². The smallest absolute Gasteiger partial charge is 0.282 e. The van der Waals surface area contributed by atoms with Gasteiger partial charge in [0.1, 0.15) is 12.4 Å². The van der Waals surface area contributed by atoms with Crippen LogP contribution in [0, 0.1) is 6.92 Å². The summed E-state index contributed by atoms with van der Waals surface area (Å²) in [5, 5.41) is 2.86. The minimum Gasteiger partial charge on any atom is -0.492 e. The fraction of sp³-hybridized carbons (Fsp3) is 0.632. The van der Waals surface area contributed by atoms with Gasteiger partial charge in [0.25, 0.3) is 10.2 Å². The van der Waals surface area contributed by atoms with E-state index in [-0.39, 0.29) is 12.5 Å². The van der Waals surface area contributed by atoms with E-state index >= 15 is 0 Å². The van der Waals surface area contributed by atoms with Crippen LogP contribution < -0.4 is 10.1 Å². The number of carbonyl (C=O) groups excluding carboxylic acids is 1. The Hall–Kier alpha value is -1.68. The maximum absolute atomic E-state index is 12.6. The molecule has 3 rings (SSSR count). The molecule has 8 nitrogen and oxygen atoms in total. The number of rotatable bonds is 8. The highest BCUT2D eigenvalue weighted by Gasteiger charge is 2.33. The molecule has 2 aliphatic rings. The molecule has 0 aromatic heterocycles. The first-order valence-electron chi connectivity index (χ1n) is 9.89. The number of benzene rings is 1. The number of nitrogens with one attached hydrogen (secondary N) is 1. The maximum Gasteiger partial charge on any atom is 0.282 e. The van der Waals surface area contributed by atoms with E-state index in [0.29, 0.717) is 52.4 Å². The van der Waals surface area contributed by atoms with Gasteiger partial charge >= 0.3 is 0 Å². The molecule has 0 spiro atoms. The molecule has 0 atom stereocenters. The van der Waals surface area contributed by atoms with Crippen LogP contribution in [0.5, 0.6) is 5.75 Å². The number of nitrogens with zero attached hydrogens (tertiary/aromatic N) is 3. The molecule has 0 saturated carbocycles. The van der Waals surface area contributed by atoms with Crippen molar-refractivity contribution in [3.05, 3.63) is 29.8 Å². The Kier molecular flexibility index (Phi) is 7.28. The minimum atomic E-state index is -3.34. The average Bonchev–Trinajstić information content (AvgIpc) is 3.21. The van der Waals surface area contributed by atoms with Crippen LogP contribution in [0.1, 0.15) is 18.4 Å². The van der Waals surface area contributed by atoms with Gasteiger partial charge in [-0.05, 0) is 37.5 Å². The number of carbonyl (C=O) groups is 1. The molecule has 2 fully saturated rings. The van der Waals surface area contributed by atoms with Crippen LogP contribution in [0.3, 0.4) is 0 Å². The number of piperazine rings is 1. The van der Waals surface area contributed by atoms with Crippen molar-refractivity contribution in [2.24, 2.45) is 0 Å². The first-order chi connectivity index (χ1) is 13.4. The molecule has 1 aromatic rings. The maximum atomic E-state index is 12.6. The third-order valence-corrected chi connectivity index (χ3v) is 7.13. The first-order valence-corrected chi connectivity index (χ1v) is 11.3. The Morgan fingerprint density at radius 1 is 1.07 bits per heavy atom. The molecule has 0 bridgehead atoms. The Labute approximate surface area is 167 Å². The largest absolute Gasteiger partial charge is 0.492 e. The van der Waals surface area contributed by atoms with Crippen LogP contribution in [0.2, 0.25) is 0 Å². The van der Waals surface area contributed by atoms with Gasteiger partial charge in [0.2, 0.25) is 5.91 Å². The molecule has 1 aromatic carbocycles. The van der Waals surface area contributed by atoms with E-state index in [1.54, 1.807) is 8.61 Å². The molecule has 156 valence electrons. The number of ether oxygens (including phenoxy) is 1. The molecule has 0 radical (unpaired) electrons. The van der Waals surface area contributed by atoms with Gasteiger partial charge in [0, 0.05) is 39.3 Å². The summed E-state index contributed by atoms with van der Waals surface area (Å²) in [6, 6.07) is 7.79. The molecule has 28 heavy (non-hydrogen) atoms. The highest BCUT2D eigenvalue weighted by Crippen LogP contribution is 2.18. The van der Waals surface area contributed by atoms with Crippen molar-refractivity contribution in [2.75, 3.05) is 59.0 Å². The van der Waals surface area contributed by atoms with E-state index in [1.807, 2.05) is 36.1 Å². The Bertz CT molecular complexity index is 757. The zero-order chi connectivity index (χ0) is 20.0. The van der Waals surface area contributed by atoms with Crippen molar-refractivity contribution >= 4 is 16.1 Å². The summed E-state index contributed by atoms with van der Waals surface area (Å²) in [4.78, 5) is 14.1. The molecule has 1 N–H and O–H groups in total. The summed E-state index contributed by atoms with van der Waals surface area (Å²) in [6.07, 6.45) is 1.87. The third-order valence-electron chi connectivity index (χ3n) is 5.10. The Morgan fingerprint density at radius 3 is 2.43 bits per heavy atom. The molecule has 9 heteroatoms. The van der Waals surface area contributed by atoms with Gasteiger partial charge in [-0.1, -0.05) is 12.1 Å². The normalized spacial score (nSPS) is 19.6. The second-order valence-electron chi connectivity index (χ2n) is 7.30. The fourth-order valence-electron chi connectivity index (χ4n) is 3.52. The van der Waals surface area contributed by atoms with Crippen molar-refractivity contribution < 1.29 is 17.9 Å². The fourth-order valence-corrected chi connectivity index (χ4v) is 5.19. The second-order valence-corrected chi connectivity index (χ2v) is 9.23. The van der Waals surface area contributed by atoms with Gasteiger partial charge < -0.3 is 10.1 Å². The van der Waals surface area contributed by atoms with Gasteiger partial charge in [-0.25, -0.2) is 0 Å². The zero-order valence-electron chi connectivity index (χ0n) is 16.5. The molecule has 2 saturated heterocycles. The summed E-state index contributed by atoms with van der Waals surface area (Å²) in [5.41, 5.74) is 1.13. The molecular formula is C19H30N4O4S. The van der Waals surface area contributed by atoms with Gasteiger partial charge in [0.15, 0.2) is 0 Å². The lowest BCUT2D eigenvalue weighted by atomic mass is 10.2. The highest BCUT2D eigenvalue weighted by molar-refractivity contribution is 7.86. The molecule has 2 aliphatic heterocycles. The summed E-state index contributed by atoms with van der Waals surface area (Å²) in [6.45, 7) is 6.39. The monoisotopic (exact) mass is 410 g/mol.